The highest BCUT2D eigenvalue weighted by molar-refractivity contribution is 5.98. The van der Waals surface area contributed by atoms with E-state index >= 15 is 0 Å². The molecule has 4 N–H and O–H groups in total. The predicted molar refractivity (Wildman–Crippen MR) is 113 cm³/mol. The lowest BCUT2D eigenvalue weighted by atomic mass is 9.93. The van der Waals surface area contributed by atoms with Gasteiger partial charge in [-0.3, -0.25) is 24.0 Å². The van der Waals surface area contributed by atoms with Gasteiger partial charge in [0, 0.05) is 13.5 Å². The zero-order chi connectivity index (χ0) is 24.1. The smallest absolute Gasteiger partial charge is 0.245 e. The molecule has 0 radical (unpaired) electrons. The first-order valence-electron chi connectivity index (χ1n) is 10.9. The van der Waals surface area contributed by atoms with Gasteiger partial charge in [-0.15, -0.1) is 0 Å². The lowest BCUT2D eigenvalue weighted by Crippen LogP contribution is -2.57. The number of rotatable bonds is 11. The van der Waals surface area contributed by atoms with Gasteiger partial charge >= 0.3 is 0 Å². The first-order chi connectivity index (χ1) is 15.0. The maximum Gasteiger partial charge on any atom is 0.245 e. The van der Waals surface area contributed by atoms with Gasteiger partial charge in [0.25, 0.3) is 0 Å². The van der Waals surface area contributed by atoms with E-state index in [4.69, 9.17) is 4.74 Å². The Hall–Kier alpha value is -2.53. The van der Waals surface area contributed by atoms with Crippen LogP contribution in [0, 0.1) is 5.92 Å². The van der Waals surface area contributed by atoms with Gasteiger partial charge in [0.1, 0.15) is 17.7 Å². The largest absolute Gasteiger partial charge is 0.394 e. The molecule has 180 valence electrons. The van der Waals surface area contributed by atoms with Gasteiger partial charge in [0.2, 0.25) is 23.6 Å². The number of likely N-dealkylation sites (tertiary alicyclic amines) is 1. The number of epoxide rings is 1. The molecule has 2 aliphatic heterocycles. The molecule has 0 aliphatic carbocycles. The number of carbonyl (C=O) groups excluding carboxylic acids is 5. The Bertz CT molecular complexity index is 750. The molecule has 0 aromatic carbocycles. The summed E-state index contributed by atoms with van der Waals surface area (Å²) >= 11 is 0. The van der Waals surface area contributed by atoms with E-state index in [1.54, 1.807) is 6.92 Å². The van der Waals surface area contributed by atoms with Gasteiger partial charge in [-0.1, -0.05) is 13.8 Å². The molecule has 0 aromatic heterocycles. The molecule has 11 nitrogen and oxygen atoms in total. The van der Waals surface area contributed by atoms with Gasteiger partial charge in [-0.2, -0.15) is 0 Å². The summed E-state index contributed by atoms with van der Waals surface area (Å²) in [4.78, 5) is 63.0. The van der Waals surface area contributed by atoms with Crippen molar-refractivity contribution in [2.24, 2.45) is 5.92 Å². The Labute approximate surface area is 187 Å². The Morgan fingerprint density at radius 2 is 1.81 bits per heavy atom. The van der Waals surface area contributed by atoms with Crippen molar-refractivity contribution in [2.45, 2.75) is 70.7 Å². The van der Waals surface area contributed by atoms with Gasteiger partial charge in [-0.25, -0.2) is 0 Å². The van der Waals surface area contributed by atoms with Crippen LogP contribution in [0.2, 0.25) is 0 Å². The zero-order valence-corrected chi connectivity index (χ0v) is 19.1. The number of hydrogen-bond donors (Lipinski definition) is 4. The van der Waals surface area contributed by atoms with Crippen molar-refractivity contribution in [1.29, 1.82) is 0 Å². The lowest BCUT2D eigenvalue weighted by Gasteiger charge is -2.27. The minimum atomic E-state index is -1.27. The van der Waals surface area contributed by atoms with E-state index in [1.807, 2.05) is 13.8 Å². The van der Waals surface area contributed by atoms with Crippen molar-refractivity contribution in [3.05, 3.63) is 0 Å². The zero-order valence-electron chi connectivity index (χ0n) is 19.1. The summed E-state index contributed by atoms with van der Waals surface area (Å²) < 4.78 is 5.21. The monoisotopic (exact) mass is 454 g/mol. The van der Waals surface area contributed by atoms with Gasteiger partial charge in [0.05, 0.1) is 25.8 Å². The number of hydrogen-bond acceptors (Lipinski definition) is 7. The molecule has 32 heavy (non-hydrogen) atoms. The van der Waals surface area contributed by atoms with Crippen molar-refractivity contribution < 1.29 is 33.8 Å². The second-order valence-corrected chi connectivity index (χ2v) is 8.97. The van der Waals surface area contributed by atoms with Crippen molar-refractivity contribution in [3.63, 3.8) is 0 Å². The Balaban J connectivity index is 2.00. The summed E-state index contributed by atoms with van der Waals surface area (Å²) in [6.07, 6.45) is 1.40. The number of ether oxygens (including phenoxy) is 1. The highest BCUT2D eigenvalue weighted by Gasteiger charge is 2.50. The number of aliphatic hydroxyl groups is 1. The van der Waals surface area contributed by atoms with Crippen LogP contribution < -0.4 is 16.0 Å². The summed E-state index contributed by atoms with van der Waals surface area (Å²) in [5, 5.41) is 17.2. The summed E-state index contributed by atoms with van der Waals surface area (Å²) in [5.41, 5.74) is -0.913. The minimum Gasteiger partial charge on any atom is -0.394 e. The molecule has 11 heteroatoms. The topological polar surface area (TPSA) is 157 Å². The minimum absolute atomic E-state index is 0.121. The van der Waals surface area contributed by atoms with Gasteiger partial charge < -0.3 is 30.7 Å². The van der Waals surface area contributed by atoms with Crippen LogP contribution in [0.3, 0.4) is 0 Å². The number of Topliss-reactive ketones (excluding diaryl/α,β-unsaturated/α-hetero) is 1. The van der Waals surface area contributed by atoms with Gasteiger partial charge in [-0.05, 0) is 32.1 Å². The van der Waals surface area contributed by atoms with Crippen LogP contribution in [-0.4, -0.2) is 89.4 Å². The molecule has 2 saturated heterocycles. The molecule has 4 atom stereocenters. The molecule has 2 fully saturated rings. The molecule has 0 unspecified atom stereocenters. The summed E-state index contributed by atoms with van der Waals surface area (Å²) in [5.74, 6) is -2.13. The molecule has 4 amide bonds. The van der Waals surface area contributed by atoms with Gasteiger partial charge in [0.15, 0.2) is 5.78 Å². The molecule has 2 heterocycles. The van der Waals surface area contributed by atoms with Crippen molar-refractivity contribution in [2.75, 3.05) is 26.3 Å². The van der Waals surface area contributed by atoms with E-state index < -0.39 is 48.1 Å². The van der Waals surface area contributed by atoms with Crippen LogP contribution in [-0.2, 0) is 28.7 Å². The summed E-state index contributed by atoms with van der Waals surface area (Å²) in [7, 11) is 0. The second-order valence-electron chi connectivity index (χ2n) is 8.97. The molecular weight excluding hydrogens is 420 g/mol. The van der Waals surface area contributed by atoms with Crippen LogP contribution >= 0.6 is 0 Å². The molecule has 0 bridgehead atoms. The number of amides is 4. The highest BCUT2D eigenvalue weighted by Crippen LogP contribution is 2.29. The molecule has 2 rings (SSSR count). The van der Waals surface area contributed by atoms with Crippen molar-refractivity contribution in [3.8, 4) is 0 Å². The number of nitrogens with one attached hydrogen (secondary N) is 3. The first-order valence-corrected chi connectivity index (χ1v) is 10.9. The van der Waals surface area contributed by atoms with E-state index in [0.29, 0.717) is 32.4 Å². The normalized spacial score (nSPS) is 23.9. The molecular formula is C21H34N4O7. The highest BCUT2D eigenvalue weighted by atomic mass is 16.6. The van der Waals surface area contributed by atoms with Crippen LogP contribution in [0.5, 0.6) is 0 Å². The Morgan fingerprint density at radius 1 is 1.16 bits per heavy atom. The van der Waals surface area contributed by atoms with Crippen molar-refractivity contribution >= 4 is 29.4 Å². The number of nitrogens with zero attached hydrogens (tertiary/aromatic N) is 1. The van der Waals surface area contributed by atoms with E-state index in [0.717, 1.165) is 0 Å². The second kappa shape index (κ2) is 10.9. The number of carbonyl (C=O) groups is 5. The molecule has 0 aromatic rings. The average molecular weight is 455 g/mol. The van der Waals surface area contributed by atoms with Crippen molar-refractivity contribution in [1.82, 2.24) is 20.9 Å². The third-order valence-corrected chi connectivity index (χ3v) is 5.62. The molecule has 0 saturated carbocycles. The van der Waals surface area contributed by atoms with E-state index in [9.17, 15) is 29.1 Å². The van der Waals surface area contributed by atoms with Crippen LogP contribution in [0.1, 0.15) is 47.0 Å². The number of aliphatic hydroxyl groups excluding tert-OH is 1. The Kier molecular flexibility index (Phi) is 8.73. The first kappa shape index (κ1) is 25.7. The van der Waals surface area contributed by atoms with E-state index in [2.05, 4.69) is 16.0 Å². The maximum absolute atomic E-state index is 12.8. The predicted octanol–water partition coefficient (Wildman–Crippen LogP) is -1.52. The third-order valence-electron chi connectivity index (χ3n) is 5.62. The fourth-order valence-corrected chi connectivity index (χ4v) is 3.70. The SMILES string of the molecule is CC(=O)NCC(=O)N1CCC[C@H]1C(=O)N[C@@H](CO)C(=O)N[C@@H](CC(C)C)C(=O)[C@@]1(C)CO1. The fraction of sp³-hybridized carbons (Fsp3) is 0.762. The summed E-state index contributed by atoms with van der Waals surface area (Å²) in [6.45, 7) is 6.55. The van der Waals surface area contributed by atoms with Crippen LogP contribution in [0.25, 0.3) is 0 Å². The molecule has 2 aliphatic rings. The van der Waals surface area contributed by atoms with Crippen LogP contribution in [0.15, 0.2) is 0 Å². The molecule has 0 spiro atoms. The standard InChI is InChI=1S/C21H34N4O7/c1-12(2)8-14(18(29)21(4)11-32-21)23-19(30)15(10-26)24-20(31)16-6-5-7-25(16)17(28)9-22-13(3)27/h12,14-16,26H,5-11H2,1-4H3,(H,22,27)(H,23,30)(H,24,31)/t14-,15-,16-,21+/m0/s1. The Morgan fingerprint density at radius 3 is 2.34 bits per heavy atom. The lowest BCUT2D eigenvalue weighted by molar-refractivity contribution is -0.140. The average Bonchev–Trinajstić information content (AvgIpc) is 3.28. The number of ketones is 1. The van der Waals surface area contributed by atoms with E-state index in [1.165, 1.54) is 11.8 Å². The fourth-order valence-electron chi connectivity index (χ4n) is 3.70. The third kappa shape index (κ3) is 6.73. The quantitative estimate of drug-likeness (QED) is 0.276. The summed E-state index contributed by atoms with van der Waals surface area (Å²) in [6, 6.07) is -2.88. The van der Waals surface area contributed by atoms with Crippen LogP contribution in [0.4, 0.5) is 0 Å². The van der Waals surface area contributed by atoms with E-state index in [-0.39, 0.29) is 24.2 Å². The maximum atomic E-state index is 12.8.